The average Bonchev–Trinajstić information content (AvgIpc) is 2.88. The van der Waals surface area contributed by atoms with Crippen molar-refractivity contribution in [1.29, 1.82) is 0 Å². The van der Waals surface area contributed by atoms with Crippen molar-refractivity contribution in [1.82, 2.24) is 0 Å². The van der Waals surface area contributed by atoms with Crippen LogP contribution in [0.2, 0.25) is 0 Å². The average molecular weight is 281 g/mol. The summed E-state index contributed by atoms with van der Waals surface area (Å²) in [6.07, 6.45) is 5.74. The number of benzene rings is 2. The van der Waals surface area contributed by atoms with Crippen LogP contribution in [-0.4, -0.2) is 0 Å². The van der Waals surface area contributed by atoms with Gasteiger partial charge in [0, 0.05) is 0 Å². The summed E-state index contributed by atoms with van der Waals surface area (Å²) >= 11 is -1.57. The van der Waals surface area contributed by atoms with Crippen molar-refractivity contribution < 1.29 is 17.9 Å². The summed E-state index contributed by atoms with van der Waals surface area (Å²) < 4.78 is 4.79. The predicted octanol–water partition coefficient (Wildman–Crippen LogP) is 3.49. The molecule has 0 aliphatic heterocycles. The van der Waals surface area contributed by atoms with Gasteiger partial charge in [-0.3, -0.25) is 0 Å². The summed E-state index contributed by atoms with van der Waals surface area (Å²) in [5, 5.41) is 0. The van der Waals surface area contributed by atoms with E-state index >= 15 is 0 Å². The molecule has 0 nitrogen and oxygen atoms in total. The zero-order valence-corrected chi connectivity index (χ0v) is 12.7. The number of hydrogen-bond donors (Lipinski definition) is 0. The Labute approximate surface area is 121 Å². The van der Waals surface area contributed by atoms with Gasteiger partial charge in [-0.15, -0.1) is 0 Å². The minimum atomic E-state index is -1.57. The van der Waals surface area contributed by atoms with Crippen molar-refractivity contribution in [3.8, 4) is 0 Å². The van der Waals surface area contributed by atoms with Crippen LogP contribution < -0.4 is 7.74 Å². The molecule has 0 spiro atoms. The Balaban J connectivity index is 2.10. The van der Waals surface area contributed by atoms with E-state index < -0.39 is 17.9 Å². The van der Waals surface area contributed by atoms with Crippen LogP contribution in [0.4, 0.5) is 0 Å². The molecule has 3 rings (SSSR count). The summed E-state index contributed by atoms with van der Waals surface area (Å²) in [5.74, 6) is 0. The quantitative estimate of drug-likeness (QED) is 0.755. The summed E-state index contributed by atoms with van der Waals surface area (Å²) in [6, 6.07) is 22.1. The molecule has 0 fully saturated rings. The summed E-state index contributed by atoms with van der Waals surface area (Å²) in [4.78, 5) is 0. The molecule has 2 aromatic rings. The van der Waals surface area contributed by atoms with Gasteiger partial charge < -0.3 is 0 Å². The number of hydrogen-bond acceptors (Lipinski definition) is 0. The SMILES string of the molecule is CC1=[C]([Ti]([c]2ccccc2)[c]2ccccc2)CC=C1. The van der Waals surface area contributed by atoms with Crippen molar-refractivity contribution in [3.63, 3.8) is 0 Å². The summed E-state index contributed by atoms with van der Waals surface area (Å²) in [6.45, 7) is 2.26. The van der Waals surface area contributed by atoms with E-state index in [9.17, 15) is 0 Å². The van der Waals surface area contributed by atoms with E-state index in [2.05, 4.69) is 79.7 Å². The van der Waals surface area contributed by atoms with Gasteiger partial charge in [-0.2, -0.15) is 0 Å². The third-order valence-corrected chi connectivity index (χ3v) is 8.31. The van der Waals surface area contributed by atoms with Crippen molar-refractivity contribution in [2.75, 3.05) is 0 Å². The number of allylic oxidation sites excluding steroid dienone is 4. The Bertz CT molecular complexity index is 569. The first-order chi connectivity index (χ1) is 9.36. The van der Waals surface area contributed by atoms with E-state index in [1.807, 2.05) is 0 Å². The molecule has 0 N–H and O–H groups in total. The van der Waals surface area contributed by atoms with E-state index in [-0.39, 0.29) is 0 Å². The van der Waals surface area contributed by atoms with Gasteiger partial charge in [0.1, 0.15) is 0 Å². The van der Waals surface area contributed by atoms with Crippen LogP contribution in [0.1, 0.15) is 13.3 Å². The molecule has 0 heterocycles. The van der Waals surface area contributed by atoms with E-state index in [0.717, 1.165) is 6.42 Å². The predicted molar refractivity (Wildman–Crippen MR) is 78.6 cm³/mol. The van der Waals surface area contributed by atoms with Crippen molar-refractivity contribution >= 4 is 7.74 Å². The first kappa shape index (κ1) is 12.7. The van der Waals surface area contributed by atoms with Crippen LogP contribution in [0.25, 0.3) is 0 Å². The van der Waals surface area contributed by atoms with Gasteiger partial charge in [0.2, 0.25) is 0 Å². The second-order valence-electron chi connectivity index (χ2n) is 4.88. The molecule has 19 heavy (non-hydrogen) atoms. The van der Waals surface area contributed by atoms with Crippen LogP contribution in [0, 0.1) is 0 Å². The van der Waals surface area contributed by atoms with E-state index in [1.54, 1.807) is 11.6 Å². The second-order valence-corrected chi connectivity index (χ2v) is 8.79. The fraction of sp³-hybridized carbons (Fsp3) is 0.111. The van der Waals surface area contributed by atoms with Gasteiger partial charge in [0.15, 0.2) is 0 Å². The molecule has 0 bridgehead atoms. The molecular weight excluding hydrogens is 264 g/mol. The first-order valence-corrected chi connectivity index (χ1v) is 9.05. The second kappa shape index (κ2) is 5.73. The first-order valence-electron chi connectivity index (χ1n) is 6.71. The van der Waals surface area contributed by atoms with Crippen LogP contribution in [0.3, 0.4) is 0 Å². The third-order valence-electron chi connectivity index (χ3n) is 3.59. The molecule has 1 aliphatic rings. The molecule has 2 aromatic carbocycles. The molecule has 0 amide bonds. The molecule has 0 saturated carbocycles. The Morgan fingerprint density at radius 3 is 1.74 bits per heavy atom. The van der Waals surface area contributed by atoms with Gasteiger partial charge in [-0.25, -0.2) is 0 Å². The standard InChI is InChI=1S/C6H7.2C6H5.Ti/c1-6-4-2-3-5-6;2*1-2-4-6-5-3-1;/h2,4H,3H2,1H3;2*1-5H;. The normalized spacial score (nSPS) is 13.9. The molecule has 1 aliphatic carbocycles. The minimum absolute atomic E-state index is 1.14. The summed E-state index contributed by atoms with van der Waals surface area (Å²) in [5.41, 5.74) is 1.49. The number of rotatable bonds is 3. The van der Waals surface area contributed by atoms with Gasteiger partial charge in [-0.05, 0) is 0 Å². The maximum atomic E-state index is 2.31. The van der Waals surface area contributed by atoms with Gasteiger partial charge in [0.25, 0.3) is 0 Å². The zero-order valence-electron chi connectivity index (χ0n) is 11.1. The van der Waals surface area contributed by atoms with E-state index in [0.29, 0.717) is 0 Å². The molecule has 0 aromatic heterocycles. The molecule has 0 saturated heterocycles. The Morgan fingerprint density at radius 1 is 0.789 bits per heavy atom. The molecule has 0 atom stereocenters. The Morgan fingerprint density at radius 2 is 1.32 bits per heavy atom. The Hall–Kier alpha value is -1.37. The van der Waals surface area contributed by atoms with Gasteiger partial charge in [-0.1, -0.05) is 0 Å². The van der Waals surface area contributed by atoms with Gasteiger partial charge >= 0.3 is 121 Å². The molecular formula is C18H17Ti. The van der Waals surface area contributed by atoms with Crippen LogP contribution in [-0.2, 0) is 17.9 Å². The topological polar surface area (TPSA) is 0 Å². The maximum absolute atomic E-state index is 2.31. The summed E-state index contributed by atoms with van der Waals surface area (Å²) in [7, 11) is 0. The molecule has 0 unspecified atom stereocenters. The van der Waals surface area contributed by atoms with Crippen LogP contribution in [0.5, 0.6) is 0 Å². The Kier molecular flexibility index (Phi) is 3.82. The van der Waals surface area contributed by atoms with Crippen LogP contribution in [0.15, 0.2) is 82.3 Å². The van der Waals surface area contributed by atoms with Crippen LogP contribution >= 0.6 is 0 Å². The third kappa shape index (κ3) is 2.65. The fourth-order valence-corrected chi connectivity index (χ4v) is 7.14. The zero-order chi connectivity index (χ0) is 13.1. The molecule has 0 radical (unpaired) electrons. The van der Waals surface area contributed by atoms with E-state index in [4.69, 9.17) is 0 Å². The van der Waals surface area contributed by atoms with E-state index in [1.165, 1.54) is 5.57 Å². The van der Waals surface area contributed by atoms with Crippen molar-refractivity contribution in [3.05, 3.63) is 82.3 Å². The van der Waals surface area contributed by atoms with Crippen molar-refractivity contribution in [2.45, 2.75) is 13.3 Å². The monoisotopic (exact) mass is 281 g/mol. The fourth-order valence-electron chi connectivity index (χ4n) is 2.64. The molecule has 93 valence electrons. The van der Waals surface area contributed by atoms with Gasteiger partial charge in [0.05, 0.1) is 0 Å². The van der Waals surface area contributed by atoms with Crippen molar-refractivity contribution in [2.24, 2.45) is 0 Å². The molecule has 1 heteroatoms.